The van der Waals surface area contributed by atoms with Crippen molar-refractivity contribution in [2.75, 3.05) is 13.7 Å². The summed E-state index contributed by atoms with van der Waals surface area (Å²) >= 11 is 0. The predicted octanol–water partition coefficient (Wildman–Crippen LogP) is 3.68. The van der Waals surface area contributed by atoms with Gasteiger partial charge in [0.2, 0.25) is 5.43 Å². The van der Waals surface area contributed by atoms with E-state index in [1.165, 1.54) is 0 Å². The molecular weight excluding hydrogens is 306 g/mol. The monoisotopic (exact) mass is 321 g/mol. The molecule has 3 rings (SSSR count). The van der Waals surface area contributed by atoms with Crippen LogP contribution >= 0.6 is 0 Å². The van der Waals surface area contributed by atoms with Crippen LogP contribution in [-0.4, -0.2) is 13.7 Å². The molecule has 5 heteroatoms. The van der Waals surface area contributed by atoms with Crippen LogP contribution in [0.15, 0.2) is 51.7 Å². The van der Waals surface area contributed by atoms with Gasteiger partial charge in [-0.05, 0) is 25.1 Å². The van der Waals surface area contributed by atoms with Crippen molar-refractivity contribution >= 4 is 11.0 Å². The van der Waals surface area contributed by atoms with Crippen LogP contribution in [0, 0.1) is 18.3 Å². The molecule has 0 saturated heterocycles. The molecule has 0 aliphatic heterocycles. The lowest BCUT2D eigenvalue weighted by atomic mass is 10.0. The average Bonchev–Trinajstić information content (AvgIpc) is 2.60. The summed E-state index contributed by atoms with van der Waals surface area (Å²) in [5.41, 5.74) is 1.46. The summed E-state index contributed by atoms with van der Waals surface area (Å²) in [6, 6.07) is 14.1. The van der Waals surface area contributed by atoms with Crippen molar-refractivity contribution in [3.8, 4) is 28.7 Å². The molecule has 5 nitrogen and oxygen atoms in total. The SMILES string of the molecule is COc1ccccc1-c1c(C)oc2cc(OCC#N)ccc2c1=O. The maximum atomic E-state index is 12.9. The van der Waals surface area contributed by atoms with Crippen LogP contribution in [0.4, 0.5) is 0 Å². The number of benzene rings is 2. The Kier molecular flexibility index (Phi) is 4.21. The number of ether oxygens (including phenoxy) is 2. The molecule has 0 radical (unpaired) electrons. The summed E-state index contributed by atoms with van der Waals surface area (Å²) < 4.78 is 16.4. The molecule has 1 aromatic heterocycles. The van der Waals surface area contributed by atoms with Crippen LogP contribution in [0.25, 0.3) is 22.1 Å². The minimum Gasteiger partial charge on any atom is -0.496 e. The zero-order chi connectivity index (χ0) is 17.1. The lowest BCUT2D eigenvalue weighted by Gasteiger charge is -2.11. The minimum atomic E-state index is -0.134. The number of hydrogen-bond acceptors (Lipinski definition) is 5. The van der Waals surface area contributed by atoms with Gasteiger partial charge in [0, 0.05) is 11.6 Å². The lowest BCUT2D eigenvalue weighted by Crippen LogP contribution is -2.08. The van der Waals surface area contributed by atoms with Crippen LogP contribution in [0.3, 0.4) is 0 Å². The number of methoxy groups -OCH3 is 1. The van der Waals surface area contributed by atoms with Crippen molar-refractivity contribution in [2.24, 2.45) is 0 Å². The molecule has 0 bridgehead atoms. The van der Waals surface area contributed by atoms with Crippen LogP contribution in [0.5, 0.6) is 11.5 Å². The largest absolute Gasteiger partial charge is 0.496 e. The van der Waals surface area contributed by atoms with Crippen molar-refractivity contribution in [3.63, 3.8) is 0 Å². The summed E-state index contributed by atoms with van der Waals surface area (Å²) in [5, 5.41) is 9.03. The topological polar surface area (TPSA) is 72.5 Å². The second-order valence-electron chi connectivity index (χ2n) is 5.17. The van der Waals surface area contributed by atoms with E-state index in [4.69, 9.17) is 19.2 Å². The zero-order valence-electron chi connectivity index (χ0n) is 13.3. The molecule has 0 unspecified atom stereocenters. The Balaban J connectivity index is 2.21. The predicted molar refractivity (Wildman–Crippen MR) is 90.3 cm³/mol. The van der Waals surface area contributed by atoms with Crippen molar-refractivity contribution in [1.82, 2.24) is 0 Å². The van der Waals surface area contributed by atoms with Crippen LogP contribution in [0.2, 0.25) is 0 Å². The van der Waals surface area contributed by atoms with E-state index in [1.807, 2.05) is 24.3 Å². The molecule has 3 aromatic rings. The van der Waals surface area contributed by atoms with Gasteiger partial charge in [-0.3, -0.25) is 4.79 Å². The number of hydrogen-bond donors (Lipinski definition) is 0. The molecule has 0 spiro atoms. The molecule has 120 valence electrons. The first-order chi connectivity index (χ1) is 11.7. The number of nitrogens with zero attached hydrogens (tertiary/aromatic N) is 1. The number of rotatable bonds is 4. The van der Waals surface area contributed by atoms with Gasteiger partial charge in [-0.25, -0.2) is 0 Å². The van der Waals surface area contributed by atoms with Gasteiger partial charge in [0.05, 0.1) is 18.1 Å². The van der Waals surface area contributed by atoms with E-state index in [9.17, 15) is 4.79 Å². The Hall–Kier alpha value is -3.26. The van der Waals surface area contributed by atoms with Crippen LogP contribution in [-0.2, 0) is 0 Å². The smallest absolute Gasteiger partial charge is 0.200 e. The maximum absolute atomic E-state index is 12.9. The Morgan fingerprint density at radius 3 is 2.75 bits per heavy atom. The fourth-order valence-electron chi connectivity index (χ4n) is 2.65. The van der Waals surface area contributed by atoms with Gasteiger partial charge in [0.25, 0.3) is 0 Å². The van der Waals surface area contributed by atoms with E-state index in [-0.39, 0.29) is 12.0 Å². The van der Waals surface area contributed by atoms with E-state index in [2.05, 4.69) is 0 Å². The third kappa shape index (κ3) is 2.70. The van der Waals surface area contributed by atoms with Crippen molar-refractivity contribution in [1.29, 1.82) is 5.26 Å². The molecule has 0 N–H and O–H groups in total. The second kappa shape index (κ2) is 6.47. The first kappa shape index (κ1) is 15.6. The van der Waals surface area contributed by atoms with E-state index < -0.39 is 0 Å². The molecular formula is C19H15NO4. The first-order valence-electron chi connectivity index (χ1n) is 7.36. The molecule has 2 aromatic carbocycles. The summed E-state index contributed by atoms with van der Waals surface area (Å²) in [7, 11) is 1.57. The van der Waals surface area contributed by atoms with Gasteiger partial charge in [0.1, 0.15) is 28.9 Å². The second-order valence-corrected chi connectivity index (χ2v) is 5.17. The highest BCUT2D eigenvalue weighted by Crippen LogP contribution is 2.32. The third-order valence-electron chi connectivity index (χ3n) is 3.72. The molecule has 24 heavy (non-hydrogen) atoms. The normalized spacial score (nSPS) is 10.4. The third-order valence-corrected chi connectivity index (χ3v) is 3.72. The summed E-state index contributed by atoms with van der Waals surface area (Å²) in [5.74, 6) is 1.59. The van der Waals surface area contributed by atoms with Crippen molar-refractivity contribution in [3.05, 3.63) is 58.4 Å². The van der Waals surface area contributed by atoms with Gasteiger partial charge >= 0.3 is 0 Å². The first-order valence-corrected chi connectivity index (χ1v) is 7.36. The van der Waals surface area contributed by atoms with Gasteiger partial charge in [-0.1, -0.05) is 18.2 Å². The van der Waals surface area contributed by atoms with Gasteiger partial charge in [-0.15, -0.1) is 0 Å². The Bertz CT molecular complexity index is 998. The molecule has 1 heterocycles. The lowest BCUT2D eigenvalue weighted by molar-refractivity contribution is 0.368. The molecule has 0 aliphatic carbocycles. The summed E-state index contributed by atoms with van der Waals surface area (Å²) in [6.07, 6.45) is 0. The molecule has 0 aliphatic rings. The Morgan fingerprint density at radius 1 is 1.21 bits per heavy atom. The van der Waals surface area contributed by atoms with Crippen molar-refractivity contribution < 1.29 is 13.9 Å². The van der Waals surface area contributed by atoms with Gasteiger partial charge in [0.15, 0.2) is 6.61 Å². The number of nitriles is 1. The maximum Gasteiger partial charge on any atom is 0.200 e. The van der Waals surface area contributed by atoms with E-state index in [1.54, 1.807) is 38.3 Å². The molecule has 0 atom stereocenters. The van der Waals surface area contributed by atoms with Gasteiger partial charge in [-0.2, -0.15) is 5.26 Å². The minimum absolute atomic E-state index is 0.0615. The fraction of sp³-hybridized carbons (Fsp3) is 0.158. The molecule has 0 saturated carbocycles. The molecule has 0 amide bonds. The quantitative estimate of drug-likeness (QED) is 0.733. The van der Waals surface area contributed by atoms with Crippen molar-refractivity contribution in [2.45, 2.75) is 6.92 Å². The van der Waals surface area contributed by atoms with E-state index in [0.29, 0.717) is 39.4 Å². The van der Waals surface area contributed by atoms with E-state index >= 15 is 0 Å². The number of para-hydroxylation sites is 1. The zero-order valence-corrected chi connectivity index (χ0v) is 13.3. The van der Waals surface area contributed by atoms with E-state index in [0.717, 1.165) is 0 Å². The van der Waals surface area contributed by atoms with Gasteiger partial charge < -0.3 is 13.9 Å². The average molecular weight is 321 g/mol. The Morgan fingerprint density at radius 2 is 2.00 bits per heavy atom. The fourth-order valence-corrected chi connectivity index (χ4v) is 2.65. The summed E-state index contributed by atoms with van der Waals surface area (Å²) in [6.45, 7) is 1.68. The number of aryl methyl sites for hydroxylation is 1. The van der Waals surface area contributed by atoms with Crippen LogP contribution < -0.4 is 14.9 Å². The number of fused-ring (bicyclic) bond motifs is 1. The highest BCUT2D eigenvalue weighted by atomic mass is 16.5. The Labute approximate surface area is 138 Å². The van der Waals surface area contributed by atoms with Crippen LogP contribution in [0.1, 0.15) is 5.76 Å². The standard InChI is InChI=1S/C19H15NO4/c1-12-18(14-5-3-4-6-16(14)22-2)19(21)15-8-7-13(23-10-9-20)11-17(15)24-12/h3-8,11H,10H2,1-2H3. The highest BCUT2D eigenvalue weighted by molar-refractivity contribution is 5.85. The summed E-state index contributed by atoms with van der Waals surface area (Å²) in [4.78, 5) is 12.9. The molecule has 0 fully saturated rings. The highest BCUT2D eigenvalue weighted by Gasteiger charge is 2.17.